The quantitative estimate of drug-likeness (QED) is 0.0593. The molecule has 0 aliphatic rings. The zero-order valence-corrected chi connectivity index (χ0v) is 26.4. The Balaban J connectivity index is 3.60. The number of nitrogens with one attached hydrogen (secondary N) is 1. The van der Waals surface area contributed by atoms with Gasteiger partial charge in [0.05, 0.1) is 18.8 Å². The first-order valence-electron chi connectivity index (χ1n) is 17.4. The molecule has 0 saturated heterocycles. The van der Waals surface area contributed by atoms with Crippen molar-refractivity contribution in [1.82, 2.24) is 5.32 Å². The van der Waals surface area contributed by atoms with E-state index in [1.165, 1.54) is 128 Å². The van der Waals surface area contributed by atoms with Crippen LogP contribution in [0, 0.1) is 0 Å². The molecule has 2 atom stereocenters. The van der Waals surface area contributed by atoms with E-state index in [1.54, 1.807) is 0 Å². The van der Waals surface area contributed by atoms with E-state index in [2.05, 4.69) is 31.3 Å². The fourth-order valence-electron chi connectivity index (χ4n) is 5.29. The van der Waals surface area contributed by atoms with Crippen LogP contribution < -0.4 is 5.32 Å². The van der Waals surface area contributed by atoms with Crippen molar-refractivity contribution in [3.05, 3.63) is 12.2 Å². The molecule has 0 bridgehead atoms. The topological polar surface area (TPSA) is 69.6 Å². The van der Waals surface area contributed by atoms with Crippen molar-refractivity contribution in [3.63, 3.8) is 0 Å². The number of aliphatic hydroxyl groups is 2. The molecule has 4 heteroatoms. The maximum atomic E-state index is 12.3. The van der Waals surface area contributed by atoms with Gasteiger partial charge in [0.2, 0.25) is 5.91 Å². The zero-order valence-electron chi connectivity index (χ0n) is 26.4. The summed E-state index contributed by atoms with van der Waals surface area (Å²) < 4.78 is 0. The predicted octanol–water partition coefficient (Wildman–Crippen LogP) is 9.95. The molecule has 0 saturated carbocycles. The lowest BCUT2D eigenvalue weighted by molar-refractivity contribution is -0.123. The van der Waals surface area contributed by atoms with E-state index < -0.39 is 12.1 Å². The molecule has 0 rings (SSSR count). The van der Waals surface area contributed by atoms with Gasteiger partial charge in [0.1, 0.15) is 0 Å². The summed E-state index contributed by atoms with van der Waals surface area (Å²) in [5, 5.41) is 23.0. The summed E-state index contributed by atoms with van der Waals surface area (Å²) in [5.41, 5.74) is 0. The highest BCUT2D eigenvalue weighted by Gasteiger charge is 2.19. The second-order valence-corrected chi connectivity index (χ2v) is 11.9. The van der Waals surface area contributed by atoms with Crippen LogP contribution in [0.3, 0.4) is 0 Å². The van der Waals surface area contributed by atoms with Crippen LogP contribution in [-0.2, 0) is 4.79 Å². The number of carbonyl (C=O) groups is 1. The van der Waals surface area contributed by atoms with Gasteiger partial charge in [-0.05, 0) is 38.5 Å². The van der Waals surface area contributed by atoms with E-state index in [4.69, 9.17) is 0 Å². The first kappa shape index (κ1) is 38.1. The summed E-state index contributed by atoms with van der Waals surface area (Å²) in [6.07, 6.45) is 36.9. The summed E-state index contributed by atoms with van der Waals surface area (Å²) in [5.74, 6) is -0.0414. The summed E-state index contributed by atoms with van der Waals surface area (Å²) in [7, 11) is 0. The van der Waals surface area contributed by atoms with Crippen molar-refractivity contribution in [3.8, 4) is 0 Å². The van der Waals surface area contributed by atoms with Gasteiger partial charge >= 0.3 is 0 Å². The standard InChI is InChI=1S/C35H69NO3/c1-3-5-7-9-11-13-15-17-19-21-23-25-27-29-31-35(39)36-33(32-37)34(38)30-28-26-24-22-20-18-16-14-12-10-8-6-4-2/h20,22,33-34,37-38H,3-19,21,23-32H2,1-2H3,(H,36,39)/b22-20+/t33-,34+/m0/s1. The minimum absolute atomic E-state index is 0.0414. The number of hydrogen-bond acceptors (Lipinski definition) is 3. The normalized spacial score (nSPS) is 13.2. The first-order chi connectivity index (χ1) is 19.2. The van der Waals surface area contributed by atoms with Crippen molar-refractivity contribution in [2.45, 2.75) is 199 Å². The average Bonchev–Trinajstić information content (AvgIpc) is 2.94. The SMILES string of the molecule is CCCCCCCCC/C=C/CCCC[C@@H](O)[C@H](CO)NC(=O)CCCCCCCCCCCCCCCC. The summed E-state index contributed by atoms with van der Waals surface area (Å²) >= 11 is 0. The lowest BCUT2D eigenvalue weighted by atomic mass is 10.0. The van der Waals surface area contributed by atoms with Crippen molar-refractivity contribution in [1.29, 1.82) is 0 Å². The van der Waals surface area contributed by atoms with Crippen LogP contribution >= 0.6 is 0 Å². The zero-order chi connectivity index (χ0) is 28.7. The number of amides is 1. The smallest absolute Gasteiger partial charge is 0.220 e. The Morgan fingerprint density at radius 1 is 0.590 bits per heavy atom. The molecule has 4 nitrogen and oxygen atoms in total. The van der Waals surface area contributed by atoms with Crippen molar-refractivity contribution >= 4 is 5.91 Å². The van der Waals surface area contributed by atoms with Gasteiger partial charge in [0, 0.05) is 6.42 Å². The Kier molecular flexibility index (Phi) is 30.9. The molecule has 0 aromatic heterocycles. The highest BCUT2D eigenvalue weighted by molar-refractivity contribution is 5.76. The Morgan fingerprint density at radius 2 is 0.974 bits per heavy atom. The van der Waals surface area contributed by atoms with Crippen LogP contribution in [-0.4, -0.2) is 34.9 Å². The number of unbranched alkanes of at least 4 members (excludes halogenated alkanes) is 22. The van der Waals surface area contributed by atoms with E-state index in [0.717, 1.165) is 32.1 Å². The van der Waals surface area contributed by atoms with Crippen LogP contribution in [0.4, 0.5) is 0 Å². The van der Waals surface area contributed by atoms with Gasteiger partial charge in [-0.2, -0.15) is 0 Å². The average molecular weight is 552 g/mol. The fraction of sp³-hybridized carbons (Fsp3) is 0.914. The fourth-order valence-corrected chi connectivity index (χ4v) is 5.29. The highest BCUT2D eigenvalue weighted by Crippen LogP contribution is 2.14. The maximum Gasteiger partial charge on any atom is 0.220 e. The van der Waals surface area contributed by atoms with Crippen molar-refractivity contribution in [2.24, 2.45) is 0 Å². The minimum Gasteiger partial charge on any atom is -0.394 e. The van der Waals surface area contributed by atoms with Crippen LogP contribution in [0.5, 0.6) is 0 Å². The van der Waals surface area contributed by atoms with Gasteiger partial charge in [-0.15, -0.1) is 0 Å². The third-order valence-corrected chi connectivity index (χ3v) is 8.03. The number of carbonyl (C=O) groups excluding carboxylic acids is 1. The van der Waals surface area contributed by atoms with Crippen LogP contribution in [0.2, 0.25) is 0 Å². The third kappa shape index (κ3) is 28.5. The van der Waals surface area contributed by atoms with E-state index in [0.29, 0.717) is 12.8 Å². The summed E-state index contributed by atoms with van der Waals surface area (Å²) in [4.78, 5) is 12.3. The first-order valence-corrected chi connectivity index (χ1v) is 17.4. The van der Waals surface area contributed by atoms with Gasteiger partial charge in [-0.3, -0.25) is 4.79 Å². The van der Waals surface area contributed by atoms with Gasteiger partial charge in [0.25, 0.3) is 0 Å². The van der Waals surface area contributed by atoms with E-state index >= 15 is 0 Å². The molecule has 0 heterocycles. The molecule has 0 spiro atoms. The second-order valence-electron chi connectivity index (χ2n) is 11.9. The molecule has 0 unspecified atom stereocenters. The van der Waals surface area contributed by atoms with Gasteiger partial charge in [0.15, 0.2) is 0 Å². The molecule has 1 amide bonds. The van der Waals surface area contributed by atoms with E-state index in [-0.39, 0.29) is 12.5 Å². The minimum atomic E-state index is -0.674. The summed E-state index contributed by atoms with van der Waals surface area (Å²) in [6.45, 7) is 4.33. The van der Waals surface area contributed by atoms with Crippen molar-refractivity contribution < 1.29 is 15.0 Å². The van der Waals surface area contributed by atoms with E-state index in [1.807, 2.05) is 0 Å². The largest absolute Gasteiger partial charge is 0.394 e. The number of allylic oxidation sites excluding steroid dienone is 2. The Labute approximate surface area is 244 Å². The Bertz CT molecular complexity index is 522. The lowest BCUT2D eigenvalue weighted by Crippen LogP contribution is -2.45. The molecule has 0 aromatic rings. The lowest BCUT2D eigenvalue weighted by Gasteiger charge is -2.22. The van der Waals surface area contributed by atoms with E-state index in [9.17, 15) is 15.0 Å². The van der Waals surface area contributed by atoms with Gasteiger partial charge < -0.3 is 15.5 Å². The number of rotatable bonds is 31. The molecular formula is C35H69NO3. The molecule has 0 radical (unpaired) electrons. The van der Waals surface area contributed by atoms with Crippen LogP contribution in [0.25, 0.3) is 0 Å². The van der Waals surface area contributed by atoms with Crippen LogP contribution in [0.15, 0.2) is 12.2 Å². The Hall–Kier alpha value is -0.870. The highest BCUT2D eigenvalue weighted by atomic mass is 16.3. The molecule has 232 valence electrons. The van der Waals surface area contributed by atoms with Gasteiger partial charge in [-0.1, -0.05) is 154 Å². The number of aliphatic hydroxyl groups excluding tert-OH is 2. The number of hydrogen-bond donors (Lipinski definition) is 3. The van der Waals surface area contributed by atoms with Crippen LogP contribution in [0.1, 0.15) is 187 Å². The third-order valence-electron chi connectivity index (χ3n) is 8.03. The second kappa shape index (κ2) is 31.7. The van der Waals surface area contributed by atoms with Crippen molar-refractivity contribution in [2.75, 3.05) is 6.61 Å². The molecule has 3 N–H and O–H groups in total. The maximum absolute atomic E-state index is 12.3. The molecular weight excluding hydrogens is 482 g/mol. The molecule has 0 aliphatic heterocycles. The molecule has 0 aromatic carbocycles. The molecule has 0 fully saturated rings. The monoisotopic (exact) mass is 552 g/mol. The summed E-state index contributed by atoms with van der Waals surface area (Å²) in [6, 6.07) is -0.544. The molecule has 39 heavy (non-hydrogen) atoms. The predicted molar refractivity (Wildman–Crippen MR) is 170 cm³/mol. The van der Waals surface area contributed by atoms with Gasteiger partial charge in [-0.25, -0.2) is 0 Å². The molecule has 0 aliphatic carbocycles. The Morgan fingerprint density at radius 3 is 1.41 bits per heavy atom.